The van der Waals surface area contributed by atoms with Crippen molar-refractivity contribution in [3.63, 3.8) is 0 Å². The lowest BCUT2D eigenvalue weighted by atomic mass is 9.98. The maximum Gasteiger partial charge on any atom is 0.274 e. The fraction of sp³-hybridized carbons (Fsp3) is 0.130. The molecule has 140 valence electrons. The highest BCUT2D eigenvalue weighted by atomic mass is 79.9. The fourth-order valence-electron chi connectivity index (χ4n) is 3.29. The van der Waals surface area contributed by atoms with Gasteiger partial charge in [0.15, 0.2) is 0 Å². The summed E-state index contributed by atoms with van der Waals surface area (Å²) in [5, 5.41) is 6.92. The van der Waals surface area contributed by atoms with Crippen LogP contribution in [0.2, 0.25) is 5.02 Å². The largest absolute Gasteiger partial charge is 0.274 e. The summed E-state index contributed by atoms with van der Waals surface area (Å²) in [4.78, 5) is 13.2. The van der Waals surface area contributed by atoms with Crippen LogP contribution in [0.15, 0.2) is 82.4 Å². The van der Waals surface area contributed by atoms with Crippen LogP contribution >= 0.6 is 27.5 Å². The van der Waals surface area contributed by atoms with Gasteiger partial charge in [0.25, 0.3) is 5.91 Å². The minimum Gasteiger partial charge on any atom is -0.267 e. The highest BCUT2D eigenvalue weighted by molar-refractivity contribution is 9.10. The number of hydrogen-bond acceptors (Lipinski definition) is 2. The Balaban J connectivity index is 1.72. The third-order valence-electron chi connectivity index (χ3n) is 4.85. The van der Waals surface area contributed by atoms with E-state index in [-0.39, 0.29) is 11.9 Å². The lowest BCUT2D eigenvalue weighted by Crippen LogP contribution is -2.27. The van der Waals surface area contributed by atoms with E-state index in [1.165, 1.54) is 5.56 Å². The summed E-state index contributed by atoms with van der Waals surface area (Å²) < 4.78 is 1.00. The van der Waals surface area contributed by atoms with E-state index in [1.807, 2.05) is 24.3 Å². The lowest BCUT2D eigenvalue weighted by Gasteiger charge is -2.22. The van der Waals surface area contributed by atoms with Crippen molar-refractivity contribution >= 4 is 39.1 Å². The molecule has 28 heavy (non-hydrogen) atoms. The van der Waals surface area contributed by atoms with Crippen LogP contribution in [0.3, 0.4) is 0 Å². The average molecular weight is 454 g/mol. The SMILES string of the molecule is Cc1ccc(C2=NN(C(=O)c3ccc(Cl)cc3)[C@H](c3ccc(Br)cc3)C2)cc1. The van der Waals surface area contributed by atoms with Crippen molar-refractivity contribution in [1.82, 2.24) is 5.01 Å². The monoisotopic (exact) mass is 452 g/mol. The van der Waals surface area contributed by atoms with Gasteiger partial charge in [-0.3, -0.25) is 4.79 Å². The van der Waals surface area contributed by atoms with E-state index < -0.39 is 0 Å². The number of benzene rings is 3. The highest BCUT2D eigenvalue weighted by Gasteiger charge is 2.33. The van der Waals surface area contributed by atoms with Crippen LogP contribution in [-0.4, -0.2) is 16.6 Å². The van der Waals surface area contributed by atoms with E-state index in [1.54, 1.807) is 29.3 Å². The van der Waals surface area contributed by atoms with Crippen molar-refractivity contribution in [2.75, 3.05) is 0 Å². The molecule has 0 saturated carbocycles. The van der Waals surface area contributed by atoms with Gasteiger partial charge in [0, 0.05) is 21.5 Å². The molecular weight excluding hydrogens is 436 g/mol. The van der Waals surface area contributed by atoms with Gasteiger partial charge in [-0.25, -0.2) is 5.01 Å². The minimum atomic E-state index is -0.146. The third-order valence-corrected chi connectivity index (χ3v) is 5.63. The van der Waals surface area contributed by atoms with Gasteiger partial charge >= 0.3 is 0 Å². The second-order valence-electron chi connectivity index (χ2n) is 6.84. The summed E-state index contributed by atoms with van der Waals surface area (Å²) in [5.74, 6) is -0.133. The van der Waals surface area contributed by atoms with Gasteiger partial charge in [-0.2, -0.15) is 5.10 Å². The molecule has 0 aliphatic carbocycles. The third kappa shape index (κ3) is 3.89. The first-order valence-corrected chi connectivity index (χ1v) is 10.2. The molecule has 3 aromatic rings. The smallest absolute Gasteiger partial charge is 0.267 e. The second-order valence-corrected chi connectivity index (χ2v) is 8.19. The molecule has 0 spiro atoms. The van der Waals surface area contributed by atoms with E-state index in [0.717, 1.165) is 21.3 Å². The molecule has 5 heteroatoms. The summed E-state index contributed by atoms with van der Waals surface area (Å²) >= 11 is 9.45. The number of rotatable bonds is 3. The van der Waals surface area contributed by atoms with Gasteiger partial charge in [-0.1, -0.05) is 69.5 Å². The second kappa shape index (κ2) is 7.90. The molecule has 1 amide bonds. The van der Waals surface area contributed by atoms with Crippen LogP contribution in [0.25, 0.3) is 0 Å². The predicted octanol–water partition coefficient (Wildman–Crippen LogP) is 6.40. The van der Waals surface area contributed by atoms with Crippen LogP contribution in [0.4, 0.5) is 0 Å². The molecule has 3 aromatic carbocycles. The molecule has 0 N–H and O–H groups in total. The molecular formula is C23H18BrClN2O. The van der Waals surface area contributed by atoms with Crippen LogP contribution in [0.5, 0.6) is 0 Å². The van der Waals surface area contributed by atoms with Crippen LogP contribution in [0.1, 0.15) is 39.5 Å². The van der Waals surface area contributed by atoms with E-state index >= 15 is 0 Å². The quantitative estimate of drug-likeness (QED) is 0.451. The van der Waals surface area contributed by atoms with Crippen molar-refractivity contribution in [1.29, 1.82) is 0 Å². The van der Waals surface area contributed by atoms with Crippen molar-refractivity contribution in [3.8, 4) is 0 Å². The van der Waals surface area contributed by atoms with Gasteiger partial charge in [-0.15, -0.1) is 0 Å². The number of carbonyl (C=O) groups is 1. The van der Waals surface area contributed by atoms with Crippen molar-refractivity contribution in [2.24, 2.45) is 5.10 Å². The van der Waals surface area contributed by atoms with E-state index in [0.29, 0.717) is 17.0 Å². The average Bonchev–Trinajstić information content (AvgIpc) is 3.14. The number of halogens is 2. The number of hydrazone groups is 1. The molecule has 1 aliphatic heterocycles. The number of amides is 1. The Hall–Kier alpha value is -2.43. The summed E-state index contributed by atoms with van der Waals surface area (Å²) in [7, 11) is 0. The summed E-state index contributed by atoms with van der Waals surface area (Å²) in [6.45, 7) is 2.06. The first-order valence-electron chi connectivity index (χ1n) is 9.00. The predicted molar refractivity (Wildman–Crippen MR) is 117 cm³/mol. The summed E-state index contributed by atoms with van der Waals surface area (Å²) in [6, 6.07) is 23.1. The molecule has 1 atom stereocenters. The Bertz CT molecular complexity index is 1030. The summed E-state index contributed by atoms with van der Waals surface area (Å²) in [6.07, 6.45) is 0.671. The van der Waals surface area contributed by atoms with Crippen molar-refractivity contribution < 1.29 is 4.79 Å². The summed E-state index contributed by atoms with van der Waals surface area (Å²) in [5.41, 5.74) is 4.77. The van der Waals surface area contributed by atoms with E-state index in [9.17, 15) is 4.79 Å². The zero-order valence-electron chi connectivity index (χ0n) is 15.3. The van der Waals surface area contributed by atoms with E-state index in [4.69, 9.17) is 16.7 Å². The molecule has 1 aliphatic rings. The standard InChI is InChI=1S/C23H18BrClN2O/c1-15-2-4-16(5-3-15)21-14-22(17-6-10-19(24)11-7-17)27(26-21)23(28)18-8-12-20(25)13-9-18/h2-13,22H,14H2,1H3/t22-/m0/s1. The van der Waals surface area contributed by atoms with Gasteiger partial charge in [0.2, 0.25) is 0 Å². The Morgan fingerprint density at radius 3 is 2.29 bits per heavy atom. The van der Waals surface area contributed by atoms with Crippen molar-refractivity contribution in [3.05, 3.63) is 105 Å². The first kappa shape index (κ1) is 18.9. The molecule has 0 radical (unpaired) electrons. The van der Waals surface area contributed by atoms with Gasteiger partial charge in [-0.05, 0) is 54.4 Å². The molecule has 3 nitrogen and oxygen atoms in total. The number of carbonyl (C=O) groups excluding carboxylic acids is 1. The first-order chi connectivity index (χ1) is 13.5. The van der Waals surface area contributed by atoms with Crippen LogP contribution in [-0.2, 0) is 0 Å². The Kier molecular flexibility index (Phi) is 5.33. The van der Waals surface area contributed by atoms with E-state index in [2.05, 4.69) is 47.1 Å². The Morgan fingerprint density at radius 2 is 1.64 bits per heavy atom. The topological polar surface area (TPSA) is 32.7 Å². The molecule has 0 saturated heterocycles. The normalized spacial score (nSPS) is 16.2. The molecule has 0 fully saturated rings. The lowest BCUT2D eigenvalue weighted by molar-refractivity contribution is 0.0711. The Morgan fingerprint density at radius 1 is 1.00 bits per heavy atom. The van der Waals surface area contributed by atoms with Gasteiger partial charge in [0.1, 0.15) is 0 Å². The maximum atomic E-state index is 13.2. The molecule has 0 unspecified atom stereocenters. The van der Waals surface area contributed by atoms with Gasteiger partial charge < -0.3 is 0 Å². The number of aryl methyl sites for hydroxylation is 1. The molecule has 4 rings (SSSR count). The van der Waals surface area contributed by atoms with Crippen molar-refractivity contribution in [2.45, 2.75) is 19.4 Å². The zero-order valence-corrected chi connectivity index (χ0v) is 17.6. The fourth-order valence-corrected chi connectivity index (χ4v) is 3.68. The van der Waals surface area contributed by atoms with Gasteiger partial charge in [0.05, 0.1) is 11.8 Å². The molecule has 0 aromatic heterocycles. The zero-order chi connectivity index (χ0) is 19.7. The Labute approximate surface area is 177 Å². The molecule has 0 bridgehead atoms. The number of nitrogens with zero attached hydrogens (tertiary/aromatic N) is 2. The molecule has 1 heterocycles. The van der Waals surface area contributed by atoms with Crippen LogP contribution in [0, 0.1) is 6.92 Å². The van der Waals surface area contributed by atoms with Crippen LogP contribution < -0.4 is 0 Å². The number of hydrogen-bond donors (Lipinski definition) is 0. The highest BCUT2D eigenvalue weighted by Crippen LogP contribution is 2.34. The minimum absolute atomic E-state index is 0.133. The maximum absolute atomic E-state index is 13.2.